The molecule has 1 unspecified atom stereocenters. The van der Waals surface area contributed by atoms with E-state index in [1.807, 2.05) is 68.4 Å². The number of nitrogens with zero attached hydrogens (tertiary/aromatic N) is 2. The molecule has 0 bridgehead atoms. The predicted molar refractivity (Wildman–Crippen MR) is 137 cm³/mol. The molecule has 1 amide bonds. The fourth-order valence-electron chi connectivity index (χ4n) is 3.03. The Hall–Kier alpha value is -3.52. The topological polar surface area (TPSA) is 98.6 Å². The summed E-state index contributed by atoms with van der Waals surface area (Å²) in [5.41, 5.74) is 1.78. The molecule has 2 rings (SSSR count). The van der Waals surface area contributed by atoms with Gasteiger partial charge in [-0.25, -0.2) is 19.6 Å². The van der Waals surface area contributed by atoms with E-state index in [-0.39, 0.29) is 19.3 Å². The Balaban J connectivity index is 2.15. The molecule has 0 radical (unpaired) electrons. The molecule has 0 aliphatic carbocycles. The summed E-state index contributed by atoms with van der Waals surface area (Å²) in [6.45, 7) is 9.08. The van der Waals surface area contributed by atoms with Crippen molar-refractivity contribution in [2.45, 2.75) is 65.5 Å². The summed E-state index contributed by atoms with van der Waals surface area (Å²) in [6.07, 6.45) is 0.865. The van der Waals surface area contributed by atoms with Crippen LogP contribution in [0.15, 0.2) is 64.6 Å². The summed E-state index contributed by atoms with van der Waals surface area (Å²) in [4.78, 5) is 34.1. The highest BCUT2D eigenvalue weighted by Gasteiger charge is 2.27. The minimum Gasteiger partial charge on any atom is -0.458 e. The maximum absolute atomic E-state index is 12.8. The Bertz CT molecular complexity index is 1010. The summed E-state index contributed by atoms with van der Waals surface area (Å²) in [6, 6.07) is 15.9. The van der Waals surface area contributed by atoms with E-state index in [4.69, 9.17) is 14.2 Å². The Kier molecular flexibility index (Phi) is 10.6. The van der Waals surface area contributed by atoms with Crippen molar-refractivity contribution in [3.05, 3.63) is 71.3 Å². The predicted octanol–water partition coefficient (Wildman–Crippen LogP) is 4.70. The number of alkyl carbamates (subject to hydrolysis) is 1. The highest BCUT2D eigenvalue weighted by Crippen LogP contribution is 2.14. The van der Waals surface area contributed by atoms with E-state index in [9.17, 15) is 9.59 Å². The van der Waals surface area contributed by atoms with Gasteiger partial charge in [0.1, 0.15) is 24.5 Å². The number of amidine groups is 1. The SMILES string of the molecule is CC=NC(=NC(C)OC)c1ccc(C[C@H](NC(=O)OCc2ccccc2)C(=O)OC(C)(C)C)cc1. The van der Waals surface area contributed by atoms with Crippen LogP contribution in [0, 0.1) is 0 Å². The Morgan fingerprint density at radius 3 is 2.26 bits per heavy atom. The third-order valence-electron chi connectivity index (χ3n) is 4.74. The quantitative estimate of drug-likeness (QED) is 0.318. The summed E-state index contributed by atoms with van der Waals surface area (Å²) in [5.74, 6) is 0.00435. The number of hydrogen-bond acceptors (Lipinski definition) is 6. The van der Waals surface area contributed by atoms with Crippen molar-refractivity contribution in [2.24, 2.45) is 9.98 Å². The first kappa shape index (κ1) is 27.7. The molecular weight excluding hydrogens is 446 g/mol. The van der Waals surface area contributed by atoms with Gasteiger partial charge in [-0.15, -0.1) is 0 Å². The number of benzene rings is 2. The van der Waals surface area contributed by atoms with E-state index >= 15 is 0 Å². The van der Waals surface area contributed by atoms with Crippen molar-refractivity contribution < 1.29 is 23.8 Å². The van der Waals surface area contributed by atoms with Crippen LogP contribution in [0.25, 0.3) is 0 Å². The lowest BCUT2D eigenvalue weighted by Gasteiger charge is -2.24. The molecule has 0 spiro atoms. The van der Waals surface area contributed by atoms with Gasteiger partial charge in [0.15, 0.2) is 5.84 Å². The molecule has 0 saturated heterocycles. The molecule has 0 saturated carbocycles. The molecule has 0 aliphatic rings. The number of nitrogens with one attached hydrogen (secondary N) is 1. The minimum absolute atomic E-state index is 0.0996. The molecule has 8 heteroatoms. The lowest BCUT2D eigenvalue weighted by Crippen LogP contribution is -2.45. The second kappa shape index (κ2) is 13.4. The van der Waals surface area contributed by atoms with Crippen LogP contribution in [0.1, 0.15) is 51.3 Å². The first-order chi connectivity index (χ1) is 16.6. The molecule has 35 heavy (non-hydrogen) atoms. The van der Waals surface area contributed by atoms with Crippen LogP contribution in [0.2, 0.25) is 0 Å². The zero-order valence-electron chi connectivity index (χ0n) is 21.3. The second-order valence-electron chi connectivity index (χ2n) is 8.87. The molecule has 0 heterocycles. The third kappa shape index (κ3) is 10.1. The molecule has 0 aromatic heterocycles. The van der Waals surface area contributed by atoms with Crippen LogP contribution < -0.4 is 5.32 Å². The highest BCUT2D eigenvalue weighted by atomic mass is 16.6. The second-order valence-corrected chi connectivity index (χ2v) is 8.87. The number of ether oxygens (including phenoxy) is 3. The Morgan fingerprint density at radius 2 is 1.69 bits per heavy atom. The van der Waals surface area contributed by atoms with Crippen molar-refractivity contribution in [3.8, 4) is 0 Å². The van der Waals surface area contributed by atoms with Gasteiger partial charge in [-0.2, -0.15) is 0 Å². The van der Waals surface area contributed by atoms with Gasteiger partial charge in [-0.3, -0.25) is 0 Å². The minimum atomic E-state index is -0.918. The normalized spacial score (nSPS) is 13.8. The number of aliphatic imine (C=N–C) groups is 2. The molecule has 8 nitrogen and oxygen atoms in total. The van der Waals surface area contributed by atoms with Crippen LogP contribution in [0.5, 0.6) is 0 Å². The molecule has 0 fully saturated rings. The number of rotatable bonds is 9. The van der Waals surface area contributed by atoms with Crippen molar-refractivity contribution in [1.29, 1.82) is 0 Å². The fraction of sp³-hybridized carbons (Fsp3) is 0.407. The zero-order valence-corrected chi connectivity index (χ0v) is 21.3. The number of hydrogen-bond donors (Lipinski definition) is 1. The Morgan fingerprint density at radius 1 is 1.03 bits per heavy atom. The summed E-state index contributed by atoms with van der Waals surface area (Å²) < 4.78 is 16.0. The fourth-order valence-corrected chi connectivity index (χ4v) is 3.03. The summed E-state index contributed by atoms with van der Waals surface area (Å²) >= 11 is 0. The van der Waals surface area contributed by atoms with E-state index < -0.39 is 23.7 Å². The number of methoxy groups -OCH3 is 1. The lowest BCUT2D eigenvalue weighted by molar-refractivity contribution is -0.157. The zero-order chi connectivity index (χ0) is 25.8. The van der Waals surface area contributed by atoms with Crippen molar-refractivity contribution in [3.63, 3.8) is 0 Å². The molecule has 2 aromatic rings. The van der Waals surface area contributed by atoms with E-state index in [0.29, 0.717) is 5.84 Å². The largest absolute Gasteiger partial charge is 0.458 e. The number of carbonyl (C=O) groups is 2. The van der Waals surface area contributed by atoms with Crippen LogP contribution in [-0.4, -0.2) is 49.1 Å². The van der Waals surface area contributed by atoms with E-state index in [2.05, 4.69) is 15.3 Å². The molecule has 2 aromatic carbocycles. The van der Waals surface area contributed by atoms with Crippen molar-refractivity contribution >= 4 is 24.1 Å². The number of amides is 1. The van der Waals surface area contributed by atoms with E-state index in [1.165, 1.54) is 0 Å². The summed E-state index contributed by atoms with van der Waals surface area (Å²) in [7, 11) is 1.58. The van der Waals surface area contributed by atoms with Crippen LogP contribution in [0.3, 0.4) is 0 Å². The van der Waals surface area contributed by atoms with Gasteiger partial charge in [-0.05, 0) is 45.7 Å². The number of esters is 1. The first-order valence-corrected chi connectivity index (χ1v) is 11.5. The lowest BCUT2D eigenvalue weighted by atomic mass is 10.0. The van der Waals surface area contributed by atoms with Crippen LogP contribution >= 0.6 is 0 Å². The van der Waals surface area contributed by atoms with Gasteiger partial charge in [0.05, 0.1) is 0 Å². The van der Waals surface area contributed by atoms with E-state index in [1.54, 1.807) is 34.1 Å². The molecule has 2 atom stereocenters. The van der Waals surface area contributed by atoms with Crippen molar-refractivity contribution in [1.82, 2.24) is 5.32 Å². The van der Waals surface area contributed by atoms with Crippen LogP contribution in [0.4, 0.5) is 4.79 Å². The van der Waals surface area contributed by atoms with Gasteiger partial charge in [-0.1, -0.05) is 54.6 Å². The average molecular weight is 482 g/mol. The van der Waals surface area contributed by atoms with Gasteiger partial charge in [0.2, 0.25) is 0 Å². The maximum atomic E-state index is 12.8. The molecule has 1 N–H and O–H groups in total. The van der Waals surface area contributed by atoms with Crippen molar-refractivity contribution in [2.75, 3.05) is 7.11 Å². The van der Waals surface area contributed by atoms with Crippen LogP contribution in [-0.2, 0) is 32.0 Å². The first-order valence-electron chi connectivity index (χ1n) is 11.5. The van der Waals surface area contributed by atoms with Gasteiger partial charge in [0.25, 0.3) is 0 Å². The average Bonchev–Trinajstić information content (AvgIpc) is 2.82. The monoisotopic (exact) mass is 481 g/mol. The van der Waals surface area contributed by atoms with Gasteiger partial charge in [0, 0.05) is 25.3 Å². The third-order valence-corrected chi connectivity index (χ3v) is 4.74. The van der Waals surface area contributed by atoms with Gasteiger partial charge >= 0.3 is 12.1 Å². The van der Waals surface area contributed by atoms with E-state index in [0.717, 1.165) is 16.7 Å². The Labute approximate surface area is 207 Å². The van der Waals surface area contributed by atoms with Gasteiger partial charge < -0.3 is 19.5 Å². The molecule has 0 aliphatic heterocycles. The molecular formula is C27H35N3O5. The standard InChI is InChI=1S/C27H35N3O5/c1-7-28-24(29-19(2)33-6)22-15-13-20(14-16-22)17-23(25(31)35-27(3,4)5)30-26(32)34-18-21-11-9-8-10-12-21/h7-16,19,23H,17-18H2,1-6H3,(H,30,32)/t19?,23-/m0/s1. The summed E-state index contributed by atoms with van der Waals surface area (Å²) in [5, 5.41) is 2.65. The number of carbonyl (C=O) groups excluding carboxylic acids is 2. The highest BCUT2D eigenvalue weighted by molar-refractivity contribution is 6.02. The maximum Gasteiger partial charge on any atom is 0.408 e. The molecule has 188 valence electrons. The smallest absolute Gasteiger partial charge is 0.408 e.